The Hall–Kier alpha value is -1.61. The van der Waals surface area contributed by atoms with Crippen LogP contribution < -0.4 is 0 Å². The fourth-order valence-electron chi connectivity index (χ4n) is 1.34. The molecule has 3 nitrogen and oxygen atoms in total. The third kappa shape index (κ3) is 1.05. The standard InChI is InChI=1S/C10H8O3/c11-8-7(9(12)10(8)13)6-4-2-1-3-5-6/h1-5,10-11,13H. The molecule has 2 N–H and O–H groups in total. The first-order valence-corrected chi connectivity index (χ1v) is 3.92. The second kappa shape index (κ2) is 2.71. The molecular formula is C10H8O3. The summed E-state index contributed by atoms with van der Waals surface area (Å²) in [4.78, 5) is 11.1. The van der Waals surface area contributed by atoms with Crippen molar-refractivity contribution in [3.63, 3.8) is 0 Å². The van der Waals surface area contributed by atoms with Gasteiger partial charge in [-0.1, -0.05) is 30.3 Å². The minimum Gasteiger partial charge on any atom is -0.508 e. The van der Waals surface area contributed by atoms with Gasteiger partial charge in [0, 0.05) is 0 Å². The molecular weight excluding hydrogens is 168 g/mol. The van der Waals surface area contributed by atoms with Gasteiger partial charge >= 0.3 is 0 Å². The molecule has 3 heteroatoms. The molecule has 0 aromatic heterocycles. The summed E-state index contributed by atoms with van der Waals surface area (Å²) in [5.74, 6) is -0.639. The SMILES string of the molecule is O=C1C(c2ccccc2)=C(O)C1O. The normalized spacial score (nSPS) is 21.6. The van der Waals surface area contributed by atoms with Crippen molar-refractivity contribution in [2.45, 2.75) is 6.10 Å². The maximum absolute atomic E-state index is 11.1. The number of hydrogen-bond acceptors (Lipinski definition) is 3. The van der Waals surface area contributed by atoms with Gasteiger partial charge in [-0.2, -0.15) is 0 Å². The van der Waals surface area contributed by atoms with E-state index in [0.717, 1.165) is 0 Å². The summed E-state index contributed by atoms with van der Waals surface area (Å²) in [6.45, 7) is 0. The second-order valence-electron chi connectivity index (χ2n) is 2.89. The zero-order chi connectivity index (χ0) is 9.42. The van der Waals surface area contributed by atoms with Gasteiger partial charge in [-0.05, 0) is 5.56 Å². The van der Waals surface area contributed by atoms with Crippen LogP contribution in [0.15, 0.2) is 36.1 Å². The topological polar surface area (TPSA) is 57.5 Å². The van der Waals surface area contributed by atoms with Gasteiger partial charge in [0.05, 0.1) is 5.57 Å². The van der Waals surface area contributed by atoms with Gasteiger partial charge in [0.1, 0.15) is 5.76 Å². The number of hydrogen-bond donors (Lipinski definition) is 2. The number of aliphatic hydroxyl groups is 2. The molecule has 2 rings (SSSR count). The lowest BCUT2D eigenvalue weighted by Gasteiger charge is -2.23. The fourth-order valence-corrected chi connectivity index (χ4v) is 1.34. The van der Waals surface area contributed by atoms with Crippen LogP contribution in [0.5, 0.6) is 0 Å². The molecule has 0 bridgehead atoms. The first-order valence-electron chi connectivity index (χ1n) is 3.92. The van der Waals surface area contributed by atoms with Crippen molar-refractivity contribution in [3.8, 4) is 0 Å². The summed E-state index contributed by atoms with van der Waals surface area (Å²) >= 11 is 0. The average Bonchev–Trinajstić information content (AvgIpc) is 2.19. The number of aliphatic hydroxyl groups excluding tert-OH is 2. The Bertz CT molecular complexity index is 378. The van der Waals surface area contributed by atoms with Crippen LogP contribution in [0.25, 0.3) is 5.57 Å². The summed E-state index contributed by atoms with van der Waals surface area (Å²) < 4.78 is 0. The summed E-state index contributed by atoms with van der Waals surface area (Å²) in [6, 6.07) is 8.80. The van der Waals surface area contributed by atoms with E-state index in [1.165, 1.54) is 0 Å². The zero-order valence-corrected chi connectivity index (χ0v) is 6.77. The Morgan fingerprint density at radius 1 is 1.15 bits per heavy atom. The molecule has 1 aliphatic rings. The Morgan fingerprint density at radius 2 is 1.77 bits per heavy atom. The molecule has 0 heterocycles. The van der Waals surface area contributed by atoms with Crippen LogP contribution in [-0.2, 0) is 4.79 Å². The average molecular weight is 176 g/mol. The lowest BCUT2D eigenvalue weighted by Crippen LogP contribution is -2.35. The second-order valence-corrected chi connectivity index (χ2v) is 2.89. The van der Waals surface area contributed by atoms with Crippen molar-refractivity contribution in [3.05, 3.63) is 41.7 Å². The third-order valence-electron chi connectivity index (χ3n) is 2.07. The van der Waals surface area contributed by atoms with E-state index < -0.39 is 11.9 Å². The molecule has 1 unspecified atom stereocenters. The molecule has 0 amide bonds. The van der Waals surface area contributed by atoms with Gasteiger partial charge in [-0.25, -0.2) is 0 Å². The molecule has 1 aliphatic carbocycles. The number of ketones is 1. The van der Waals surface area contributed by atoms with Crippen molar-refractivity contribution in [1.29, 1.82) is 0 Å². The van der Waals surface area contributed by atoms with Crippen LogP contribution >= 0.6 is 0 Å². The van der Waals surface area contributed by atoms with Gasteiger partial charge in [0.2, 0.25) is 5.78 Å². The Kier molecular flexibility index (Phi) is 1.67. The summed E-state index contributed by atoms with van der Waals surface area (Å²) in [6.07, 6.45) is -1.31. The predicted octanol–water partition coefficient (Wildman–Crippen LogP) is 0.899. The summed E-state index contributed by atoms with van der Waals surface area (Å²) in [5.41, 5.74) is 0.878. The van der Waals surface area contributed by atoms with Crippen LogP contribution in [-0.4, -0.2) is 22.1 Å². The Labute approximate surface area is 74.9 Å². The molecule has 1 atom stereocenters. The van der Waals surface area contributed by atoms with E-state index in [0.29, 0.717) is 5.56 Å². The molecule has 0 saturated heterocycles. The number of Topliss-reactive ketones (excluding diaryl/α,β-unsaturated/α-hetero) is 1. The zero-order valence-electron chi connectivity index (χ0n) is 6.77. The van der Waals surface area contributed by atoms with Crippen LogP contribution in [0.3, 0.4) is 0 Å². The lowest BCUT2D eigenvalue weighted by molar-refractivity contribution is -0.123. The predicted molar refractivity (Wildman–Crippen MR) is 47.0 cm³/mol. The first-order chi connectivity index (χ1) is 6.22. The van der Waals surface area contributed by atoms with E-state index in [2.05, 4.69) is 0 Å². The monoisotopic (exact) mass is 176 g/mol. The van der Waals surface area contributed by atoms with E-state index in [9.17, 15) is 9.90 Å². The number of rotatable bonds is 1. The van der Waals surface area contributed by atoms with E-state index in [4.69, 9.17) is 5.11 Å². The van der Waals surface area contributed by atoms with E-state index in [1.54, 1.807) is 24.3 Å². The molecule has 1 aromatic rings. The Morgan fingerprint density at radius 3 is 2.31 bits per heavy atom. The molecule has 1 aromatic carbocycles. The number of carbonyl (C=O) groups is 1. The van der Waals surface area contributed by atoms with E-state index in [1.807, 2.05) is 6.07 Å². The van der Waals surface area contributed by atoms with E-state index >= 15 is 0 Å². The van der Waals surface area contributed by atoms with Crippen LogP contribution in [0.2, 0.25) is 0 Å². The molecule has 0 fully saturated rings. The van der Waals surface area contributed by atoms with Crippen molar-refractivity contribution in [2.24, 2.45) is 0 Å². The Balaban J connectivity index is 2.45. The van der Waals surface area contributed by atoms with Gasteiger partial charge in [0.25, 0.3) is 0 Å². The quantitative estimate of drug-likeness (QED) is 0.668. The highest BCUT2D eigenvalue weighted by Gasteiger charge is 2.38. The molecule has 13 heavy (non-hydrogen) atoms. The molecule has 0 saturated carbocycles. The highest BCUT2D eigenvalue weighted by molar-refractivity contribution is 6.31. The minimum atomic E-state index is -1.31. The van der Waals surface area contributed by atoms with Crippen LogP contribution in [0, 0.1) is 0 Å². The maximum Gasteiger partial charge on any atom is 0.203 e. The summed E-state index contributed by atoms with van der Waals surface area (Å²) in [7, 11) is 0. The van der Waals surface area contributed by atoms with E-state index in [-0.39, 0.29) is 11.3 Å². The van der Waals surface area contributed by atoms with Gasteiger partial charge < -0.3 is 10.2 Å². The smallest absolute Gasteiger partial charge is 0.203 e. The summed E-state index contributed by atoms with van der Waals surface area (Å²) in [5, 5.41) is 18.2. The molecule has 0 radical (unpaired) electrons. The van der Waals surface area contributed by atoms with Crippen molar-refractivity contribution in [2.75, 3.05) is 0 Å². The highest BCUT2D eigenvalue weighted by atomic mass is 16.3. The number of carbonyl (C=O) groups excluding carboxylic acids is 1. The van der Waals surface area contributed by atoms with Crippen LogP contribution in [0.1, 0.15) is 5.56 Å². The van der Waals surface area contributed by atoms with Crippen LogP contribution in [0.4, 0.5) is 0 Å². The lowest BCUT2D eigenvalue weighted by atomic mass is 9.86. The van der Waals surface area contributed by atoms with Gasteiger partial charge in [-0.3, -0.25) is 4.79 Å². The molecule has 0 aliphatic heterocycles. The highest BCUT2D eigenvalue weighted by Crippen LogP contribution is 2.30. The minimum absolute atomic E-state index is 0.226. The molecule has 66 valence electrons. The first kappa shape index (κ1) is 8.01. The van der Waals surface area contributed by atoms with Gasteiger partial charge in [-0.15, -0.1) is 0 Å². The van der Waals surface area contributed by atoms with Gasteiger partial charge in [0.15, 0.2) is 6.10 Å². The fraction of sp³-hybridized carbons (Fsp3) is 0.100. The number of benzene rings is 1. The van der Waals surface area contributed by atoms with Crippen molar-refractivity contribution < 1.29 is 15.0 Å². The third-order valence-corrected chi connectivity index (χ3v) is 2.07. The maximum atomic E-state index is 11.1. The largest absolute Gasteiger partial charge is 0.508 e. The van der Waals surface area contributed by atoms with Crippen molar-refractivity contribution >= 4 is 11.4 Å². The van der Waals surface area contributed by atoms with Crippen molar-refractivity contribution in [1.82, 2.24) is 0 Å². The molecule has 0 spiro atoms.